The van der Waals surface area contributed by atoms with Gasteiger partial charge in [0.1, 0.15) is 12.4 Å². The van der Waals surface area contributed by atoms with Gasteiger partial charge < -0.3 is 10.1 Å². The van der Waals surface area contributed by atoms with Crippen LogP contribution in [-0.2, 0) is 13.2 Å². The van der Waals surface area contributed by atoms with Gasteiger partial charge in [0.05, 0.1) is 5.02 Å². The van der Waals surface area contributed by atoms with Gasteiger partial charge in [0, 0.05) is 28.7 Å². The number of rotatable bonds is 6. The summed E-state index contributed by atoms with van der Waals surface area (Å²) >= 11 is 14.0. The van der Waals surface area contributed by atoms with Crippen LogP contribution in [0.25, 0.3) is 0 Å². The smallest absolute Gasteiger partial charge is 0.182 e. The van der Waals surface area contributed by atoms with E-state index in [0.717, 1.165) is 16.3 Å². The minimum atomic E-state index is 0.450. The molecule has 0 atom stereocenters. The van der Waals surface area contributed by atoms with Crippen LogP contribution in [0.3, 0.4) is 0 Å². The first-order chi connectivity index (χ1) is 11.6. The Kier molecular flexibility index (Phi) is 5.61. The van der Waals surface area contributed by atoms with Crippen molar-refractivity contribution in [3.63, 3.8) is 0 Å². The van der Waals surface area contributed by atoms with Crippen molar-refractivity contribution >= 4 is 39.7 Å². The third-order valence-corrected chi connectivity index (χ3v) is 4.68. The maximum atomic E-state index is 6.34. The monoisotopic (exact) mass is 378 g/mol. The minimum Gasteiger partial charge on any atom is -0.487 e. The Morgan fingerprint density at radius 2 is 1.96 bits per heavy atom. The number of aromatic nitrogens is 1. The quantitative estimate of drug-likeness (QED) is 0.575. The highest BCUT2D eigenvalue weighted by Crippen LogP contribution is 2.33. The average Bonchev–Trinajstić information content (AvgIpc) is 3.07. The van der Waals surface area contributed by atoms with E-state index in [4.69, 9.17) is 27.9 Å². The highest BCUT2D eigenvalue weighted by molar-refractivity contribution is 7.13. The van der Waals surface area contributed by atoms with Crippen LogP contribution in [0.15, 0.2) is 48.0 Å². The van der Waals surface area contributed by atoms with Gasteiger partial charge in [-0.15, -0.1) is 11.3 Å². The fraction of sp³-hybridized carbons (Fsp3) is 0.167. The molecule has 0 bridgehead atoms. The molecule has 1 aromatic heterocycles. The number of aryl methyl sites for hydroxylation is 1. The van der Waals surface area contributed by atoms with Crippen LogP contribution in [0.2, 0.25) is 10.0 Å². The SMILES string of the molecule is Cc1ccc(COc2c(Cl)cc(Cl)cc2CNc2nccs2)cc1. The topological polar surface area (TPSA) is 34.1 Å². The van der Waals surface area contributed by atoms with Crippen molar-refractivity contribution in [1.82, 2.24) is 4.98 Å². The van der Waals surface area contributed by atoms with Crippen LogP contribution in [0.5, 0.6) is 5.75 Å². The molecule has 1 N–H and O–H groups in total. The predicted octanol–water partition coefficient (Wildman–Crippen LogP) is 5.95. The van der Waals surface area contributed by atoms with Crippen molar-refractivity contribution in [1.29, 1.82) is 0 Å². The Morgan fingerprint density at radius 3 is 2.67 bits per heavy atom. The lowest BCUT2D eigenvalue weighted by atomic mass is 10.1. The Balaban J connectivity index is 1.76. The largest absolute Gasteiger partial charge is 0.487 e. The lowest BCUT2D eigenvalue weighted by Crippen LogP contribution is -2.04. The van der Waals surface area contributed by atoms with Crippen LogP contribution in [0.4, 0.5) is 5.13 Å². The summed E-state index contributed by atoms with van der Waals surface area (Å²) in [6, 6.07) is 11.8. The molecule has 124 valence electrons. The van der Waals surface area contributed by atoms with Gasteiger partial charge in [-0.2, -0.15) is 0 Å². The zero-order valence-corrected chi connectivity index (χ0v) is 15.4. The lowest BCUT2D eigenvalue weighted by molar-refractivity contribution is 0.303. The minimum absolute atomic E-state index is 0.450. The van der Waals surface area contributed by atoms with Gasteiger partial charge in [0.25, 0.3) is 0 Å². The van der Waals surface area contributed by atoms with Crippen LogP contribution in [0, 0.1) is 6.92 Å². The first kappa shape index (κ1) is 17.1. The van der Waals surface area contributed by atoms with Crippen LogP contribution in [-0.4, -0.2) is 4.98 Å². The number of anilines is 1. The molecule has 0 amide bonds. The van der Waals surface area contributed by atoms with Crippen molar-refractivity contribution in [3.05, 3.63) is 74.7 Å². The molecule has 2 aromatic carbocycles. The van der Waals surface area contributed by atoms with E-state index in [1.807, 2.05) is 23.6 Å². The first-order valence-corrected chi connectivity index (χ1v) is 9.05. The molecule has 0 spiro atoms. The third-order valence-electron chi connectivity index (χ3n) is 3.45. The Morgan fingerprint density at radius 1 is 1.17 bits per heavy atom. The molecule has 0 saturated carbocycles. The van der Waals surface area contributed by atoms with Gasteiger partial charge in [-0.1, -0.05) is 53.0 Å². The molecule has 0 saturated heterocycles. The lowest BCUT2D eigenvalue weighted by Gasteiger charge is -2.14. The fourth-order valence-electron chi connectivity index (χ4n) is 2.23. The number of halogens is 2. The number of nitrogens with zero attached hydrogens (tertiary/aromatic N) is 1. The zero-order valence-electron chi connectivity index (χ0n) is 13.1. The average molecular weight is 379 g/mol. The summed E-state index contributed by atoms with van der Waals surface area (Å²) in [6.45, 7) is 3.05. The van der Waals surface area contributed by atoms with Gasteiger partial charge in [-0.25, -0.2) is 4.98 Å². The van der Waals surface area contributed by atoms with Gasteiger partial charge in [0.15, 0.2) is 5.13 Å². The van der Waals surface area contributed by atoms with E-state index in [0.29, 0.717) is 28.9 Å². The summed E-state index contributed by atoms with van der Waals surface area (Å²) in [4.78, 5) is 4.21. The molecule has 0 fully saturated rings. The molecular formula is C18H16Cl2N2OS. The van der Waals surface area contributed by atoms with E-state index in [1.54, 1.807) is 12.3 Å². The van der Waals surface area contributed by atoms with E-state index < -0.39 is 0 Å². The molecule has 3 rings (SSSR count). The summed E-state index contributed by atoms with van der Waals surface area (Å²) < 4.78 is 5.97. The molecule has 0 aliphatic rings. The second-order valence-corrected chi connectivity index (χ2v) is 7.08. The molecule has 0 aliphatic carbocycles. The maximum absolute atomic E-state index is 6.34. The summed E-state index contributed by atoms with van der Waals surface area (Å²) in [5.41, 5.74) is 3.21. The Hall–Kier alpha value is -1.75. The maximum Gasteiger partial charge on any atom is 0.182 e. The van der Waals surface area contributed by atoms with E-state index in [9.17, 15) is 0 Å². The molecule has 6 heteroatoms. The summed E-state index contributed by atoms with van der Waals surface area (Å²) in [7, 11) is 0. The van der Waals surface area contributed by atoms with E-state index in [-0.39, 0.29) is 0 Å². The molecular weight excluding hydrogens is 363 g/mol. The number of nitrogens with one attached hydrogen (secondary N) is 1. The summed E-state index contributed by atoms with van der Waals surface area (Å²) in [5, 5.41) is 7.10. The number of thiazole rings is 1. The van der Waals surface area contributed by atoms with Crippen LogP contribution < -0.4 is 10.1 Å². The van der Waals surface area contributed by atoms with Gasteiger partial charge in [-0.05, 0) is 24.6 Å². The second kappa shape index (κ2) is 7.88. The highest BCUT2D eigenvalue weighted by atomic mass is 35.5. The van der Waals surface area contributed by atoms with Crippen molar-refractivity contribution in [3.8, 4) is 5.75 Å². The van der Waals surface area contributed by atoms with Crippen LogP contribution in [0.1, 0.15) is 16.7 Å². The van der Waals surface area contributed by atoms with Crippen molar-refractivity contribution in [2.45, 2.75) is 20.1 Å². The zero-order chi connectivity index (χ0) is 16.9. The molecule has 0 aliphatic heterocycles. The van der Waals surface area contributed by atoms with Gasteiger partial charge in [-0.3, -0.25) is 0 Å². The van der Waals surface area contributed by atoms with Crippen LogP contribution >= 0.6 is 34.5 Å². The second-order valence-electron chi connectivity index (χ2n) is 5.34. The van der Waals surface area contributed by atoms with E-state index in [1.165, 1.54) is 16.9 Å². The van der Waals surface area contributed by atoms with E-state index in [2.05, 4.69) is 29.4 Å². The first-order valence-electron chi connectivity index (χ1n) is 7.41. The molecule has 0 radical (unpaired) electrons. The van der Waals surface area contributed by atoms with Crippen molar-refractivity contribution < 1.29 is 4.74 Å². The van der Waals surface area contributed by atoms with Gasteiger partial charge >= 0.3 is 0 Å². The number of ether oxygens (including phenoxy) is 1. The number of benzene rings is 2. The Labute approximate surface area is 155 Å². The molecule has 3 nitrogen and oxygen atoms in total. The van der Waals surface area contributed by atoms with Crippen molar-refractivity contribution in [2.24, 2.45) is 0 Å². The summed E-state index contributed by atoms with van der Waals surface area (Å²) in [6.07, 6.45) is 1.76. The highest BCUT2D eigenvalue weighted by Gasteiger charge is 2.12. The molecule has 0 unspecified atom stereocenters. The number of hydrogen-bond donors (Lipinski definition) is 1. The number of hydrogen-bond acceptors (Lipinski definition) is 4. The van der Waals surface area contributed by atoms with Crippen molar-refractivity contribution in [2.75, 3.05) is 5.32 Å². The third kappa shape index (κ3) is 4.41. The molecule has 24 heavy (non-hydrogen) atoms. The Bertz CT molecular complexity index is 805. The normalized spacial score (nSPS) is 10.6. The predicted molar refractivity (Wildman–Crippen MR) is 101 cm³/mol. The van der Waals surface area contributed by atoms with Gasteiger partial charge in [0.2, 0.25) is 0 Å². The summed E-state index contributed by atoms with van der Waals surface area (Å²) in [5.74, 6) is 0.644. The standard InChI is InChI=1S/C18H16Cl2N2OS/c1-12-2-4-13(5-3-12)11-23-17-14(8-15(19)9-16(17)20)10-22-18-21-6-7-24-18/h2-9H,10-11H2,1H3,(H,21,22). The molecule has 1 heterocycles. The molecule has 3 aromatic rings. The fourth-order valence-corrected chi connectivity index (χ4v) is 3.35. The van der Waals surface area contributed by atoms with E-state index >= 15 is 0 Å².